The molecule has 0 saturated heterocycles. The molecule has 1 aliphatic carbocycles. The topological polar surface area (TPSA) is 49.3 Å². The molecule has 1 amide bonds. The summed E-state index contributed by atoms with van der Waals surface area (Å²) in [6.45, 7) is 2.28. The van der Waals surface area contributed by atoms with Crippen molar-refractivity contribution in [2.24, 2.45) is 0 Å². The van der Waals surface area contributed by atoms with Crippen molar-refractivity contribution in [3.63, 3.8) is 0 Å². The number of hydrogen-bond donors (Lipinski definition) is 2. The molecule has 0 bridgehead atoms. The van der Waals surface area contributed by atoms with Crippen LogP contribution in [-0.4, -0.2) is 23.7 Å². The Morgan fingerprint density at radius 1 is 1.44 bits per heavy atom. The van der Waals surface area contributed by atoms with Crippen molar-refractivity contribution in [2.45, 2.75) is 51.6 Å². The quantitative estimate of drug-likeness (QED) is 0.824. The van der Waals surface area contributed by atoms with Gasteiger partial charge in [0, 0.05) is 11.4 Å². The number of nitrogens with one attached hydrogen (secondary N) is 1. The third-order valence-corrected chi connectivity index (χ3v) is 4.55. The number of fused-ring (bicyclic) bond motifs is 1. The Kier molecular flexibility index (Phi) is 4.78. The van der Waals surface area contributed by atoms with Gasteiger partial charge in [-0.2, -0.15) is 0 Å². The average Bonchev–Trinajstić information content (AvgIpc) is 2.60. The molecular formula is C14H21NO2S. The van der Waals surface area contributed by atoms with E-state index in [0.717, 1.165) is 17.7 Å². The van der Waals surface area contributed by atoms with E-state index in [1.165, 1.54) is 29.7 Å². The lowest BCUT2D eigenvalue weighted by atomic mass is 10.1. The fraction of sp³-hybridized carbons (Fsp3) is 0.643. The summed E-state index contributed by atoms with van der Waals surface area (Å²) >= 11 is 1.64. The van der Waals surface area contributed by atoms with E-state index in [-0.39, 0.29) is 12.0 Å². The number of aliphatic hydroxyl groups excluding tert-OH is 1. The van der Waals surface area contributed by atoms with Crippen LogP contribution in [0.4, 0.5) is 0 Å². The molecule has 1 unspecified atom stereocenters. The Bertz CT molecular complexity index is 388. The lowest BCUT2D eigenvalue weighted by Gasteiger charge is -2.05. The largest absolute Gasteiger partial charge is 0.393 e. The van der Waals surface area contributed by atoms with E-state index in [1.807, 2.05) is 0 Å². The van der Waals surface area contributed by atoms with Crippen LogP contribution in [0.3, 0.4) is 0 Å². The van der Waals surface area contributed by atoms with Crippen LogP contribution in [0.2, 0.25) is 0 Å². The normalized spacial score (nSPS) is 16.8. The minimum absolute atomic E-state index is 0.00808. The number of rotatable bonds is 4. The van der Waals surface area contributed by atoms with Gasteiger partial charge in [0.25, 0.3) is 5.91 Å². The van der Waals surface area contributed by atoms with Crippen LogP contribution in [0.5, 0.6) is 0 Å². The molecular weight excluding hydrogens is 246 g/mol. The number of hydrogen-bond acceptors (Lipinski definition) is 3. The summed E-state index contributed by atoms with van der Waals surface area (Å²) in [5.41, 5.74) is 1.37. The minimum atomic E-state index is -0.356. The zero-order chi connectivity index (χ0) is 13.0. The molecule has 0 radical (unpaired) electrons. The summed E-state index contributed by atoms with van der Waals surface area (Å²) in [5, 5.41) is 12.0. The fourth-order valence-electron chi connectivity index (χ4n) is 2.26. The zero-order valence-electron chi connectivity index (χ0n) is 10.9. The molecule has 1 aromatic heterocycles. The highest BCUT2D eigenvalue weighted by atomic mass is 32.1. The van der Waals surface area contributed by atoms with Gasteiger partial charge in [-0.3, -0.25) is 4.79 Å². The highest BCUT2D eigenvalue weighted by Gasteiger charge is 2.16. The van der Waals surface area contributed by atoms with Crippen molar-refractivity contribution in [1.29, 1.82) is 0 Å². The molecule has 0 fully saturated rings. The predicted molar refractivity (Wildman–Crippen MR) is 74.2 cm³/mol. The van der Waals surface area contributed by atoms with Gasteiger partial charge >= 0.3 is 0 Å². The van der Waals surface area contributed by atoms with E-state index in [4.69, 9.17) is 5.11 Å². The fourth-order valence-corrected chi connectivity index (χ4v) is 3.43. The predicted octanol–water partition coefficient (Wildman–Crippen LogP) is 2.52. The molecule has 1 atom stereocenters. The first-order valence-corrected chi connectivity index (χ1v) is 7.56. The van der Waals surface area contributed by atoms with Crippen molar-refractivity contribution < 1.29 is 9.90 Å². The van der Waals surface area contributed by atoms with Gasteiger partial charge in [-0.1, -0.05) is 6.42 Å². The second-order valence-electron chi connectivity index (χ2n) is 5.01. The summed E-state index contributed by atoms with van der Waals surface area (Å²) in [6, 6.07) is 2.06. The maximum Gasteiger partial charge on any atom is 0.261 e. The van der Waals surface area contributed by atoms with Crippen molar-refractivity contribution in [2.75, 3.05) is 6.54 Å². The van der Waals surface area contributed by atoms with E-state index >= 15 is 0 Å². The van der Waals surface area contributed by atoms with Crippen LogP contribution < -0.4 is 5.32 Å². The first-order valence-electron chi connectivity index (χ1n) is 6.74. The molecule has 2 N–H and O–H groups in total. The summed E-state index contributed by atoms with van der Waals surface area (Å²) in [5.74, 6) is 0.00808. The number of thiophene rings is 1. The lowest BCUT2D eigenvalue weighted by molar-refractivity contribution is 0.0949. The van der Waals surface area contributed by atoms with Crippen LogP contribution >= 0.6 is 11.3 Å². The van der Waals surface area contributed by atoms with Gasteiger partial charge in [-0.05, 0) is 50.7 Å². The number of aliphatic hydroxyl groups is 1. The Balaban J connectivity index is 1.94. The van der Waals surface area contributed by atoms with Gasteiger partial charge in [0.2, 0.25) is 0 Å². The zero-order valence-corrected chi connectivity index (χ0v) is 11.7. The lowest BCUT2D eigenvalue weighted by Crippen LogP contribution is -2.25. The van der Waals surface area contributed by atoms with E-state index in [9.17, 15) is 4.79 Å². The second kappa shape index (κ2) is 6.34. The van der Waals surface area contributed by atoms with Gasteiger partial charge < -0.3 is 10.4 Å². The molecule has 1 aromatic rings. The molecule has 100 valence electrons. The summed E-state index contributed by atoms with van der Waals surface area (Å²) in [4.78, 5) is 14.2. The van der Waals surface area contributed by atoms with Crippen molar-refractivity contribution in [3.8, 4) is 0 Å². The molecule has 18 heavy (non-hydrogen) atoms. The number of carbonyl (C=O) groups excluding carboxylic acids is 1. The summed E-state index contributed by atoms with van der Waals surface area (Å²) in [7, 11) is 0. The van der Waals surface area contributed by atoms with Crippen LogP contribution in [0.1, 0.15) is 52.7 Å². The van der Waals surface area contributed by atoms with Crippen LogP contribution in [0, 0.1) is 0 Å². The van der Waals surface area contributed by atoms with E-state index < -0.39 is 0 Å². The number of carbonyl (C=O) groups is 1. The maximum atomic E-state index is 11.9. The molecule has 4 heteroatoms. The van der Waals surface area contributed by atoms with Crippen molar-refractivity contribution in [1.82, 2.24) is 5.32 Å². The molecule has 1 heterocycles. The highest BCUT2D eigenvalue weighted by Crippen LogP contribution is 2.28. The van der Waals surface area contributed by atoms with E-state index in [2.05, 4.69) is 11.4 Å². The van der Waals surface area contributed by atoms with E-state index in [1.54, 1.807) is 18.3 Å². The van der Waals surface area contributed by atoms with Crippen LogP contribution in [0.15, 0.2) is 6.07 Å². The number of aryl methyl sites for hydroxylation is 2. The monoisotopic (exact) mass is 267 g/mol. The maximum absolute atomic E-state index is 11.9. The Hall–Kier alpha value is -0.870. The molecule has 3 nitrogen and oxygen atoms in total. The molecule has 0 aliphatic heterocycles. The van der Waals surface area contributed by atoms with Crippen LogP contribution in [0.25, 0.3) is 0 Å². The first-order chi connectivity index (χ1) is 8.66. The standard InChI is InChI=1S/C14H21NO2S/c1-10(16)7-8-15-14(17)13-9-11-5-3-2-4-6-12(11)18-13/h9-10,16H,2-8H2,1H3,(H,15,17). The first kappa shape index (κ1) is 13.6. The SMILES string of the molecule is CC(O)CCNC(=O)c1cc2c(s1)CCCCC2. The third kappa shape index (κ3) is 3.56. The van der Waals surface area contributed by atoms with Gasteiger partial charge in [0.05, 0.1) is 11.0 Å². The van der Waals surface area contributed by atoms with Crippen LogP contribution in [-0.2, 0) is 12.8 Å². The van der Waals surface area contributed by atoms with Gasteiger partial charge in [0.15, 0.2) is 0 Å². The van der Waals surface area contributed by atoms with Crippen molar-refractivity contribution >= 4 is 17.2 Å². The third-order valence-electron chi connectivity index (χ3n) is 3.32. The van der Waals surface area contributed by atoms with Gasteiger partial charge in [-0.25, -0.2) is 0 Å². The Morgan fingerprint density at radius 3 is 3.00 bits per heavy atom. The Morgan fingerprint density at radius 2 is 2.22 bits per heavy atom. The molecule has 0 aromatic carbocycles. The highest BCUT2D eigenvalue weighted by molar-refractivity contribution is 7.14. The average molecular weight is 267 g/mol. The van der Waals surface area contributed by atoms with Gasteiger partial charge in [-0.15, -0.1) is 11.3 Å². The summed E-state index contributed by atoms with van der Waals surface area (Å²) < 4.78 is 0. The summed E-state index contributed by atoms with van der Waals surface area (Å²) in [6.07, 6.45) is 6.29. The smallest absolute Gasteiger partial charge is 0.261 e. The minimum Gasteiger partial charge on any atom is -0.393 e. The van der Waals surface area contributed by atoms with E-state index in [0.29, 0.717) is 13.0 Å². The Labute approximate surface area is 112 Å². The second-order valence-corrected chi connectivity index (χ2v) is 6.15. The molecule has 2 rings (SSSR count). The number of amides is 1. The van der Waals surface area contributed by atoms with Crippen molar-refractivity contribution in [3.05, 3.63) is 21.4 Å². The molecule has 1 aliphatic rings. The molecule has 0 saturated carbocycles. The molecule has 0 spiro atoms. The van der Waals surface area contributed by atoms with Gasteiger partial charge in [0.1, 0.15) is 0 Å².